The number of rotatable bonds is 3. The highest BCUT2D eigenvalue weighted by molar-refractivity contribution is 9.10. The summed E-state index contributed by atoms with van der Waals surface area (Å²) in [4.78, 5) is 4.88. The molecule has 20 heavy (non-hydrogen) atoms. The van der Waals surface area contributed by atoms with Gasteiger partial charge in [-0.3, -0.25) is 4.90 Å². The smallest absolute Gasteiger partial charge is 0.172 e. The van der Waals surface area contributed by atoms with Crippen molar-refractivity contribution in [3.05, 3.63) is 28.2 Å². The predicted octanol–water partition coefficient (Wildman–Crippen LogP) is 1.83. The zero-order valence-corrected chi connectivity index (χ0v) is 12.9. The Hall–Kier alpha value is -1.27. The van der Waals surface area contributed by atoms with Crippen LogP contribution in [0.4, 0.5) is 5.69 Å². The van der Waals surface area contributed by atoms with Crippen LogP contribution >= 0.6 is 15.9 Å². The van der Waals surface area contributed by atoms with E-state index in [-0.39, 0.29) is 5.84 Å². The maximum atomic E-state index is 8.93. The quantitative estimate of drug-likeness (QED) is 0.382. The maximum absolute atomic E-state index is 8.93. The van der Waals surface area contributed by atoms with E-state index in [0.717, 1.165) is 47.9 Å². The Morgan fingerprint density at radius 2 is 1.95 bits per heavy atom. The summed E-state index contributed by atoms with van der Waals surface area (Å²) >= 11 is 3.50. The second-order valence-corrected chi connectivity index (χ2v) is 6.32. The fourth-order valence-electron chi connectivity index (χ4n) is 2.80. The van der Waals surface area contributed by atoms with Crippen LogP contribution < -0.4 is 10.6 Å². The highest BCUT2D eigenvalue weighted by Crippen LogP contribution is 2.30. The van der Waals surface area contributed by atoms with Gasteiger partial charge in [0.15, 0.2) is 5.84 Å². The van der Waals surface area contributed by atoms with Crippen molar-refractivity contribution >= 4 is 27.5 Å². The van der Waals surface area contributed by atoms with Crippen molar-refractivity contribution in [3.63, 3.8) is 0 Å². The van der Waals surface area contributed by atoms with Crippen molar-refractivity contribution in [3.8, 4) is 0 Å². The first kappa shape index (κ1) is 13.7. The monoisotopic (exact) mass is 338 g/mol. The molecule has 1 saturated heterocycles. The maximum Gasteiger partial charge on any atom is 0.172 e. The summed E-state index contributed by atoms with van der Waals surface area (Å²) in [6.45, 7) is 4.15. The van der Waals surface area contributed by atoms with E-state index in [2.05, 4.69) is 30.9 Å². The lowest BCUT2D eigenvalue weighted by Gasteiger charge is -2.37. The van der Waals surface area contributed by atoms with Gasteiger partial charge in [-0.15, -0.1) is 0 Å². The number of oxime groups is 1. The van der Waals surface area contributed by atoms with E-state index >= 15 is 0 Å². The molecule has 1 aliphatic heterocycles. The number of nitrogens with zero attached hydrogens (tertiary/aromatic N) is 3. The number of piperazine rings is 1. The third-order valence-electron chi connectivity index (χ3n) is 4.06. The van der Waals surface area contributed by atoms with Gasteiger partial charge in [-0.1, -0.05) is 21.1 Å². The van der Waals surface area contributed by atoms with Crippen LogP contribution in [0.3, 0.4) is 0 Å². The SMILES string of the molecule is N/C(=N/O)c1ccc(Br)cc1N1CCN(C2CC2)CC1. The van der Waals surface area contributed by atoms with Crippen LogP contribution in [0.1, 0.15) is 18.4 Å². The highest BCUT2D eigenvalue weighted by Gasteiger charge is 2.31. The molecule has 1 saturated carbocycles. The molecule has 5 nitrogen and oxygen atoms in total. The number of amidine groups is 1. The zero-order valence-electron chi connectivity index (χ0n) is 11.3. The molecule has 1 aromatic rings. The van der Waals surface area contributed by atoms with Gasteiger partial charge in [0, 0.05) is 47.9 Å². The largest absolute Gasteiger partial charge is 0.409 e. The molecule has 3 rings (SSSR count). The minimum absolute atomic E-state index is 0.164. The normalized spacial score (nSPS) is 21.2. The van der Waals surface area contributed by atoms with Crippen molar-refractivity contribution in [1.29, 1.82) is 0 Å². The van der Waals surface area contributed by atoms with Crippen LogP contribution in [0.15, 0.2) is 27.8 Å². The molecule has 2 aliphatic rings. The van der Waals surface area contributed by atoms with E-state index in [9.17, 15) is 0 Å². The van der Waals surface area contributed by atoms with E-state index in [1.165, 1.54) is 12.8 Å². The van der Waals surface area contributed by atoms with E-state index in [4.69, 9.17) is 10.9 Å². The molecule has 0 atom stereocenters. The third-order valence-corrected chi connectivity index (χ3v) is 4.55. The fraction of sp³-hybridized carbons (Fsp3) is 0.500. The lowest BCUT2D eigenvalue weighted by Crippen LogP contribution is -2.47. The third kappa shape index (κ3) is 2.76. The van der Waals surface area contributed by atoms with Crippen LogP contribution in [-0.2, 0) is 0 Å². The molecule has 1 heterocycles. The van der Waals surface area contributed by atoms with E-state index < -0.39 is 0 Å². The summed E-state index contributed by atoms with van der Waals surface area (Å²) in [6, 6.07) is 6.67. The Morgan fingerprint density at radius 1 is 1.25 bits per heavy atom. The van der Waals surface area contributed by atoms with E-state index in [1.54, 1.807) is 0 Å². The molecule has 0 spiro atoms. The fourth-order valence-corrected chi connectivity index (χ4v) is 3.15. The second-order valence-electron chi connectivity index (χ2n) is 5.40. The summed E-state index contributed by atoms with van der Waals surface area (Å²) in [5.41, 5.74) is 7.61. The molecule has 0 unspecified atom stereocenters. The van der Waals surface area contributed by atoms with Crippen molar-refractivity contribution in [2.24, 2.45) is 10.9 Å². The lowest BCUT2D eigenvalue weighted by atomic mass is 10.1. The molecule has 0 bridgehead atoms. The molecule has 1 aliphatic carbocycles. The zero-order chi connectivity index (χ0) is 14.1. The van der Waals surface area contributed by atoms with Gasteiger partial charge in [-0.05, 0) is 31.0 Å². The van der Waals surface area contributed by atoms with Crippen LogP contribution in [0.25, 0.3) is 0 Å². The topological polar surface area (TPSA) is 65.1 Å². The number of benzene rings is 1. The first-order valence-electron chi connectivity index (χ1n) is 6.95. The molecule has 1 aromatic carbocycles. The number of hydrogen-bond donors (Lipinski definition) is 2. The van der Waals surface area contributed by atoms with Gasteiger partial charge < -0.3 is 15.8 Å². The van der Waals surface area contributed by atoms with Crippen LogP contribution in [0, 0.1) is 0 Å². The van der Waals surface area contributed by atoms with Crippen LogP contribution in [-0.4, -0.2) is 48.2 Å². The summed E-state index contributed by atoms with van der Waals surface area (Å²) < 4.78 is 1.01. The Labute approximate surface area is 127 Å². The minimum Gasteiger partial charge on any atom is -0.409 e. The molecular weight excluding hydrogens is 320 g/mol. The molecule has 0 aromatic heterocycles. The van der Waals surface area contributed by atoms with Gasteiger partial charge in [-0.2, -0.15) is 0 Å². The Kier molecular flexibility index (Phi) is 3.85. The minimum atomic E-state index is 0.164. The van der Waals surface area contributed by atoms with E-state index in [0.29, 0.717) is 0 Å². The lowest BCUT2D eigenvalue weighted by molar-refractivity contribution is 0.248. The molecule has 108 valence electrons. The summed E-state index contributed by atoms with van der Waals surface area (Å²) in [5, 5.41) is 12.1. The average molecular weight is 339 g/mol. The Bertz CT molecular complexity index is 522. The second kappa shape index (κ2) is 5.61. The van der Waals surface area contributed by atoms with Crippen molar-refractivity contribution in [2.45, 2.75) is 18.9 Å². The predicted molar refractivity (Wildman–Crippen MR) is 83.5 cm³/mol. The average Bonchev–Trinajstić information content (AvgIpc) is 3.31. The van der Waals surface area contributed by atoms with Gasteiger partial charge in [0.25, 0.3) is 0 Å². The molecule has 3 N–H and O–H groups in total. The van der Waals surface area contributed by atoms with Crippen LogP contribution in [0.5, 0.6) is 0 Å². The van der Waals surface area contributed by atoms with E-state index in [1.807, 2.05) is 18.2 Å². The Balaban J connectivity index is 1.80. The van der Waals surface area contributed by atoms with Crippen LogP contribution in [0.2, 0.25) is 0 Å². The molecule has 0 radical (unpaired) electrons. The first-order valence-corrected chi connectivity index (χ1v) is 7.75. The molecule has 2 fully saturated rings. The standard InChI is InChI=1S/C14H19BrN4O/c15-10-1-4-12(14(16)17-20)13(9-10)19-7-5-18(6-8-19)11-2-3-11/h1,4,9,11,20H,2-3,5-8H2,(H2,16,17). The van der Waals surface area contributed by atoms with Gasteiger partial charge in [-0.25, -0.2) is 0 Å². The first-order chi connectivity index (χ1) is 9.69. The summed E-state index contributed by atoms with van der Waals surface area (Å²) in [7, 11) is 0. The number of halogens is 1. The molecule has 0 amide bonds. The number of anilines is 1. The van der Waals surface area contributed by atoms with Gasteiger partial charge in [0.05, 0.1) is 0 Å². The van der Waals surface area contributed by atoms with Crippen molar-refractivity contribution < 1.29 is 5.21 Å². The van der Waals surface area contributed by atoms with Gasteiger partial charge >= 0.3 is 0 Å². The van der Waals surface area contributed by atoms with Gasteiger partial charge in [0.2, 0.25) is 0 Å². The molecular formula is C14H19BrN4O. The Morgan fingerprint density at radius 3 is 2.55 bits per heavy atom. The van der Waals surface area contributed by atoms with Gasteiger partial charge in [0.1, 0.15) is 0 Å². The molecule has 6 heteroatoms. The number of nitrogens with two attached hydrogens (primary N) is 1. The number of hydrogen-bond acceptors (Lipinski definition) is 4. The summed E-state index contributed by atoms with van der Waals surface area (Å²) in [5.74, 6) is 0.164. The highest BCUT2D eigenvalue weighted by atomic mass is 79.9. The van der Waals surface area contributed by atoms with Crippen molar-refractivity contribution in [2.75, 3.05) is 31.1 Å². The van der Waals surface area contributed by atoms with Crippen molar-refractivity contribution in [1.82, 2.24) is 4.90 Å². The summed E-state index contributed by atoms with van der Waals surface area (Å²) in [6.07, 6.45) is 2.71.